The molecule has 3 aliphatic rings. The molecule has 0 aromatic carbocycles. The Bertz CT molecular complexity index is 848. The summed E-state index contributed by atoms with van der Waals surface area (Å²) >= 11 is 0. The van der Waals surface area contributed by atoms with E-state index in [1.807, 2.05) is 0 Å². The molecular weight excluding hydrogens is 435 g/mol. The van der Waals surface area contributed by atoms with E-state index in [1.165, 1.54) is 56.0 Å². The second kappa shape index (κ2) is 19.2. The van der Waals surface area contributed by atoms with Gasteiger partial charge in [-0.3, -0.25) is 0 Å². The zero-order chi connectivity index (χ0) is 26.8. The van der Waals surface area contributed by atoms with Gasteiger partial charge in [-0.2, -0.15) is 0 Å². The van der Waals surface area contributed by atoms with Crippen molar-refractivity contribution in [3.63, 3.8) is 0 Å². The molecule has 0 fully saturated rings. The fraction of sp³-hybridized carbons (Fsp3) is 0.559. The summed E-state index contributed by atoms with van der Waals surface area (Å²) < 4.78 is 0. The number of aliphatic hydroxyl groups is 1. The maximum atomic E-state index is 7.00. The van der Waals surface area contributed by atoms with Crippen LogP contribution in [0, 0.1) is 23.7 Å². The van der Waals surface area contributed by atoms with Crippen LogP contribution in [0.15, 0.2) is 83.6 Å². The monoisotopic (exact) mass is 488 g/mol. The molecule has 0 saturated heterocycles. The second-order valence-electron chi connectivity index (χ2n) is 10.5. The Balaban J connectivity index is 0.000000337. The smallest absolute Gasteiger partial charge is 0.0319 e. The number of hydrogen-bond donors (Lipinski definition) is 1. The summed E-state index contributed by atoms with van der Waals surface area (Å²) in [4.78, 5) is 0. The van der Waals surface area contributed by atoms with E-state index in [9.17, 15) is 0 Å². The second-order valence-corrected chi connectivity index (χ2v) is 10.5. The zero-order valence-electron chi connectivity index (χ0n) is 24.2. The summed E-state index contributed by atoms with van der Waals surface area (Å²) in [7, 11) is 1.00. The van der Waals surface area contributed by atoms with Crippen molar-refractivity contribution in [3.8, 4) is 0 Å². The molecule has 0 radical (unpaired) electrons. The van der Waals surface area contributed by atoms with Crippen molar-refractivity contribution >= 4 is 12.9 Å². The SMILES string of the molecule is C=C(/C=C\CC(C)C1=CC=C(C)CC1)CCC.CCCC1C=CC=CC1C(C)C1=CC=BCC1.CO. The molecule has 0 amide bonds. The van der Waals surface area contributed by atoms with E-state index in [4.69, 9.17) is 5.11 Å². The average molecular weight is 489 g/mol. The number of allylic oxidation sites excluding steroid dienone is 13. The van der Waals surface area contributed by atoms with Gasteiger partial charge in [0.1, 0.15) is 0 Å². The van der Waals surface area contributed by atoms with Crippen molar-refractivity contribution in [1.29, 1.82) is 0 Å². The van der Waals surface area contributed by atoms with E-state index >= 15 is 0 Å². The molecular formula is C34H53BO. The van der Waals surface area contributed by atoms with Crippen LogP contribution in [0.2, 0.25) is 6.32 Å². The third-order valence-electron chi connectivity index (χ3n) is 7.56. The first-order valence-corrected chi connectivity index (χ1v) is 14.3. The fourth-order valence-corrected chi connectivity index (χ4v) is 5.24. The van der Waals surface area contributed by atoms with E-state index < -0.39 is 0 Å². The molecule has 3 rings (SSSR count). The first kappa shape index (κ1) is 32.1. The van der Waals surface area contributed by atoms with Crippen LogP contribution in [-0.2, 0) is 0 Å². The molecule has 0 saturated carbocycles. The van der Waals surface area contributed by atoms with Crippen LogP contribution in [0.4, 0.5) is 0 Å². The normalized spacial score (nSPS) is 22.1. The van der Waals surface area contributed by atoms with Crippen molar-refractivity contribution in [2.24, 2.45) is 23.7 Å². The molecule has 0 spiro atoms. The Hall–Kier alpha value is -1.93. The predicted molar refractivity (Wildman–Crippen MR) is 165 cm³/mol. The summed E-state index contributed by atoms with van der Waals surface area (Å²) in [6, 6.07) is 0. The van der Waals surface area contributed by atoms with Gasteiger partial charge in [0.25, 0.3) is 0 Å². The van der Waals surface area contributed by atoms with Gasteiger partial charge < -0.3 is 5.11 Å². The Kier molecular flexibility index (Phi) is 17.1. The molecule has 0 bridgehead atoms. The molecule has 0 aromatic heterocycles. The Morgan fingerprint density at radius 3 is 2.39 bits per heavy atom. The fourth-order valence-electron chi connectivity index (χ4n) is 5.24. The van der Waals surface area contributed by atoms with Gasteiger partial charge in [0.15, 0.2) is 0 Å². The third-order valence-corrected chi connectivity index (χ3v) is 7.56. The van der Waals surface area contributed by atoms with E-state index in [2.05, 4.69) is 109 Å². The Morgan fingerprint density at radius 2 is 1.78 bits per heavy atom. The largest absolute Gasteiger partial charge is 0.400 e. The first-order valence-electron chi connectivity index (χ1n) is 14.3. The van der Waals surface area contributed by atoms with Crippen LogP contribution < -0.4 is 0 Å². The first-order chi connectivity index (χ1) is 17.5. The summed E-state index contributed by atoms with van der Waals surface area (Å²) in [6.45, 7) is 17.8. The van der Waals surface area contributed by atoms with Crippen LogP contribution in [-0.4, -0.2) is 25.1 Å². The molecule has 2 heteroatoms. The maximum absolute atomic E-state index is 7.00. The zero-order valence-corrected chi connectivity index (χ0v) is 24.2. The molecule has 2 aliphatic carbocycles. The minimum absolute atomic E-state index is 0.671. The molecule has 198 valence electrons. The third kappa shape index (κ3) is 11.9. The molecule has 36 heavy (non-hydrogen) atoms. The summed E-state index contributed by atoms with van der Waals surface area (Å²) in [6.07, 6.45) is 31.7. The average Bonchev–Trinajstić information content (AvgIpc) is 2.91. The predicted octanol–water partition coefficient (Wildman–Crippen LogP) is 9.24. The van der Waals surface area contributed by atoms with Crippen molar-refractivity contribution in [3.05, 3.63) is 83.6 Å². The van der Waals surface area contributed by atoms with Crippen molar-refractivity contribution in [2.45, 2.75) is 92.3 Å². The minimum atomic E-state index is 0.671. The minimum Gasteiger partial charge on any atom is -0.400 e. The molecule has 1 nitrogen and oxygen atoms in total. The standard InChI is InChI=1S/C17H26.C16H23B.CH4O/c1-5-7-14(2)8-6-9-16(4)17-12-10-15(3)11-13-17;1-3-6-15-7-4-5-8-16(15)13(2)14-9-11-17-12-10-14;1-2/h6,8,10,12,16H,2,5,7,9,11,13H2,1,3-4H3;4-5,7-9,11,13,15-16H,3,6,10,12H2,1-2H3;2H,1H3/b8-6-;;. The van der Waals surface area contributed by atoms with Crippen LogP contribution in [0.25, 0.3) is 0 Å². The molecule has 0 aromatic rings. The van der Waals surface area contributed by atoms with Gasteiger partial charge in [0.2, 0.25) is 0 Å². The molecule has 1 aliphatic heterocycles. The van der Waals surface area contributed by atoms with Crippen LogP contribution in [0.3, 0.4) is 0 Å². The topological polar surface area (TPSA) is 20.2 Å². The van der Waals surface area contributed by atoms with Gasteiger partial charge in [0.05, 0.1) is 0 Å². The van der Waals surface area contributed by atoms with E-state index in [-0.39, 0.29) is 0 Å². The van der Waals surface area contributed by atoms with Crippen molar-refractivity contribution < 1.29 is 5.11 Å². The molecule has 1 N–H and O–H groups in total. The van der Waals surface area contributed by atoms with E-state index in [1.54, 1.807) is 11.1 Å². The van der Waals surface area contributed by atoms with Gasteiger partial charge in [-0.15, -0.1) is 0 Å². The van der Waals surface area contributed by atoms with Gasteiger partial charge in [-0.05, 0) is 38.5 Å². The van der Waals surface area contributed by atoms with Gasteiger partial charge in [0, 0.05) is 7.11 Å². The maximum Gasteiger partial charge on any atom is 0.0319 e. The number of hydrogen-bond acceptors (Lipinski definition) is 1. The quantitative estimate of drug-likeness (QED) is 0.240. The van der Waals surface area contributed by atoms with Crippen molar-refractivity contribution in [2.75, 3.05) is 7.11 Å². The van der Waals surface area contributed by atoms with Gasteiger partial charge in [-0.25, -0.2) is 0 Å². The summed E-state index contributed by atoms with van der Waals surface area (Å²) in [5.74, 6) is 5.04. The Labute approximate surface area is 224 Å². The van der Waals surface area contributed by atoms with Crippen molar-refractivity contribution in [1.82, 2.24) is 0 Å². The van der Waals surface area contributed by atoms with Crippen LogP contribution in [0.1, 0.15) is 86.0 Å². The molecule has 1 heterocycles. The Morgan fingerprint density at radius 1 is 1.03 bits per heavy atom. The van der Waals surface area contributed by atoms with E-state index in [0.717, 1.165) is 25.9 Å². The molecule has 4 atom stereocenters. The van der Waals surface area contributed by atoms with Gasteiger partial charge in [-0.1, -0.05) is 67.9 Å². The van der Waals surface area contributed by atoms with Crippen LogP contribution in [0.5, 0.6) is 0 Å². The van der Waals surface area contributed by atoms with E-state index in [0.29, 0.717) is 17.8 Å². The van der Waals surface area contributed by atoms with Crippen LogP contribution >= 0.6 is 0 Å². The summed E-state index contributed by atoms with van der Waals surface area (Å²) in [5, 5.41) is 7.00. The summed E-state index contributed by atoms with van der Waals surface area (Å²) in [5.41, 5.74) is 6.00. The molecule has 4 unspecified atom stereocenters. The van der Waals surface area contributed by atoms with Gasteiger partial charge >= 0.3 is 106 Å². The number of aliphatic hydroxyl groups excluding tert-OH is 1. The number of rotatable bonds is 10.